The van der Waals surface area contributed by atoms with Crippen LogP contribution in [0.2, 0.25) is 0 Å². The van der Waals surface area contributed by atoms with Crippen LogP contribution in [-0.2, 0) is 11.3 Å². The van der Waals surface area contributed by atoms with E-state index < -0.39 is 0 Å². The summed E-state index contributed by atoms with van der Waals surface area (Å²) in [4.78, 5) is 21.7. The molecule has 0 N–H and O–H groups in total. The summed E-state index contributed by atoms with van der Waals surface area (Å²) in [5.74, 6) is -0.184. The van der Waals surface area contributed by atoms with Crippen molar-refractivity contribution < 1.29 is 9.63 Å². The molecule has 2 rings (SSSR count). The third kappa shape index (κ3) is 2.77. The number of rotatable bonds is 3. The number of benzene rings is 1. The zero-order chi connectivity index (χ0) is 14.0. The monoisotopic (exact) mass is 322 g/mol. The van der Waals surface area contributed by atoms with Crippen molar-refractivity contribution in [3.05, 3.63) is 40.0 Å². The molecule has 19 heavy (non-hydrogen) atoms. The predicted octanol–water partition coefficient (Wildman–Crippen LogP) is 3.19. The van der Waals surface area contributed by atoms with Gasteiger partial charge in [-0.25, -0.2) is 5.06 Å². The molecule has 0 unspecified atom stereocenters. The summed E-state index contributed by atoms with van der Waals surface area (Å²) < 4.78 is 0.975. The first-order valence-electron chi connectivity index (χ1n) is 5.98. The van der Waals surface area contributed by atoms with Crippen molar-refractivity contribution in [2.45, 2.75) is 13.3 Å². The van der Waals surface area contributed by atoms with Gasteiger partial charge in [-0.1, -0.05) is 28.9 Å². The number of nitrogens with zero attached hydrogens (tertiary/aromatic N) is 2. The smallest absolute Gasteiger partial charge is 0.274 e. The minimum Gasteiger partial charge on any atom is -0.274 e. The second-order valence-corrected chi connectivity index (χ2v) is 5.07. The van der Waals surface area contributed by atoms with Gasteiger partial charge in [-0.3, -0.25) is 14.6 Å². The zero-order valence-electron chi connectivity index (χ0n) is 11.1. The van der Waals surface area contributed by atoms with Crippen LogP contribution in [0.4, 0.5) is 0 Å². The molecule has 4 nitrogen and oxygen atoms in total. The van der Waals surface area contributed by atoms with E-state index in [2.05, 4.69) is 20.9 Å². The van der Waals surface area contributed by atoms with Gasteiger partial charge >= 0.3 is 0 Å². The number of fused-ring (bicyclic) bond motifs is 1. The van der Waals surface area contributed by atoms with Crippen molar-refractivity contribution in [2.75, 3.05) is 14.2 Å². The lowest BCUT2D eigenvalue weighted by molar-refractivity contribution is -0.0757. The minimum atomic E-state index is -0.184. The molecule has 0 aliphatic carbocycles. The van der Waals surface area contributed by atoms with E-state index in [-0.39, 0.29) is 5.91 Å². The van der Waals surface area contributed by atoms with Crippen molar-refractivity contribution in [1.29, 1.82) is 0 Å². The Bertz CT molecular complexity index is 628. The number of halogens is 1. The molecule has 0 saturated heterocycles. The van der Waals surface area contributed by atoms with Gasteiger partial charge in [0.05, 0.1) is 23.9 Å². The van der Waals surface area contributed by atoms with E-state index in [1.54, 1.807) is 7.05 Å². The molecule has 0 spiro atoms. The Morgan fingerprint density at radius 2 is 2.16 bits per heavy atom. The summed E-state index contributed by atoms with van der Waals surface area (Å²) in [6, 6.07) is 7.69. The van der Waals surface area contributed by atoms with Gasteiger partial charge in [0.15, 0.2) is 0 Å². The average molecular weight is 323 g/mol. The van der Waals surface area contributed by atoms with Crippen molar-refractivity contribution in [2.24, 2.45) is 0 Å². The minimum absolute atomic E-state index is 0.184. The summed E-state index contributed by atoms with van der Waals surface area (Å²) in [7, 11) is 3.06. The fourth-order valence-electron chi connectivity index (χ4n) is 1.89. The Kier molecular flexibility index (Phi) is 4.17. The van der Waals surface area contributed by atoms with E-state index in [0.717, 1.165) is 21.1 Å². The Hall–Kier alpha value is -1.46. The Morgan fingerprint density at radius 1 is 1.42 bits per heavy atom. The summed E-state index contributed by atoms with van der Waals surface area (Å²) in [6.45, 7) is 1.98. The van der Waals surface area contributed by atoms with Gasteiger partial charge in [-0.15, -0.1) is 0 Å². The van der Waals surface area contributed by atoms with E-state index in [1.807, 2.05) is 31.2 Å². The fourth-order valence-corrected chi connectivity index (χ4v) is 2.24. The molecule has 1 amide bonds. The van der Waals surface area contributed by atoms with Crippen molar-refractivity contribution in [3.8, 4) is 0 Å². The third-order valence-electron chi connectivity index (χ3n) is 2.98. The first-order chi connectivity index (χ1) is 9.06. The van der Waals surface area contributed by atoms with Crippen LogP contribution >= 0.6 is 15.9 Å². The van der Waals surface area contributed by atoms with E-state index >= 15 is 0 Å². The lowest BCUT2D eigenvalue weighted by Crippen LogP contribution is -2.26. The number of hydrogen-bond donors (Lipinski definition) is 0. The first kappa shape index (κ1) is 14.0. The molecule has 0 atom stereocenters. The summed E-state index contributed by atoms with van der Waals surface area (Å²) in [5, 5.41) is 2.15. The van der Waals surface area contributed by atoms with Crippen molar-refractivity contribution >= 4 is 32.7 Å². The van der Waals surface area contributed by atoms with E-state index in [0.29, 0.717) is 12.0 Å². The molecule has 0 aliphatic rings. The molecule has 0 bridgehead atoms. The molecule has 2 aromatic rings. The standard InChI is InChI=1S/C14H15BrN2O2/c1-4-12-11(14(18)17(2)19-3)7-9-5-6-10(15)8-13(9)16-12/h5-8H,4H2,1-3H3. The van der Waals surface area contributed by atoms with Crippen molar-refractivity contribution in [3.63, 3.8) is 0 Å². The molecule has 5 heteroatoms. The molecular weight excluding hydrogens is 308 g/mol. The van der Waals surface area contributed by atoms with Gasteiger partial charge in [0, 0.05) is 16.9 Å². The Balaban J connectivity index is 2.60. The number of hydrogen-bond acceptors (Lipinski definition) is 3. The van der Waals surface area contributed by atoms with E-state index in [9.17, 15) is 4.79 Å². The molecule has 0 fully saturated rings. The van der Waals surface area contributed by atoms with Crippen LogP contribution in [0.25, 0.3) is 10.9 Å². The van der Waals surface area contributed by atoms with Gasteiger partial charge < -0.3 is 0 Å². The highest BCUT2D eigenvalue weighted by atomic mass is 79.9. The number of carbonyl (C=O) groups excluding carboxylic acids is 1. The molecule has 1 heterocycles. The molecule has 0 aliphatic heterocycles. The van der Waals surface area contributed by atoms with Crippen LogP contribution in [0.1, 0.15) is 23.0 Å². The van der Waals surface area contributed by atoms with Crippen LogP contribution < -0.4 is 0 Å². The molecule has 0 radical (unpaired) electrons. The third-order valence-corrected chi connectivity index (χ3v) is 3.48. The topological polar surface area (TPSA) is 42.4 Å². The molecule has 1 aromatic carbocycles. The molecule has 100 valence electrons. The quantitative estimate of drug-likeness (QED) is 0.815. The van der Waals surface area contributed by atoms with Crippen LogP contribution in [-0.4, -0.2) is 30.1 Å². The number of aryl methyl sites for hydroxylation is 1. The fraction of sp³-hybridized carbons (Fsp3) is 0.286. The maximum atomic E-state index is 12.2. The van der Waals surface area contributed by atoms with Crippen molar-refractivity contribution in [1.82, 2.24) is 10.0 Å². The number of carbonyl (C=O) groups is 1. The zero-order valence-corrected chi connectivity index (χ0v) is 12.7. The van der Waals surface area contributed by atoms with Crippen LogP contribution in [0.3, 0.4) is 0 Å². The highest BCUT2D eigenvalue weighted by Crippen LogP contribution is 2.22. The number of hydroxylamine groups is 2. The van der Waals surface area contributed by atoms with Crippen LogP contribution in [0.15, 0.2) is 28.7 Å². The summed E-state index contributed by atoms with van der Waals surface area (Å²) >= 11 is 3.43. The second-order valence-electron chi connectivity index (χ2n) is 4.16. The van der Waals surface area contributed by atoms with Gasteiger partial charge in [-0.05, 0) is 24.6 Å². The van der Waals surface area contributed by atoms with Crippen LogP contribution in [0, 0.1) is 0 Å². The lowest BCUT2D eigenvalue weighted by Gasteiger charge is -2.16. The summed E-state index contributed by atoms with van der Waals surface area (Å²) in [5.41, 5.74) is 2.24. The largest absolute Gasteiger partial charge is 0.279 e. The van der Waals surface area contributed by atoms with Gasteiger partial charge in [0.25, 0.3) is 5.91 Å². The van der Waals surface area contributed by atoms with E-state index in [4.69, 9.17) is 4.84 Å². The van der Waals surface area contributed by atoms with Crippen LogP contribution in [0.5, 0.6) is 0 Å². The maximum absolute atomic E-state index is 12.2. The number of pyridine rings is 1. The average Bonchev–Trinajstić information content (AvgIpc) is 2.44. The number of aromatic nitrogens is 1. The SMILES string of the molecule is CCc1nc2cc(Br)ccc2cc1C(=O)N(C)OC. The number of amides is 1. The lowest BCUT2D eigenvalue weighted by atomic mass is 10.1. The molecular formula is C14H15BrN2O2. The molecule has 1 aromatic heterocycles. The second kappa shape index (κ2) is 5.67. The van der Waals surface area contributed by atoms with Gasteiger partial charge in [-0.2, -0.15) is 0 Å². The predicted molar refractivity (Wildman–Crippen MR) is 77.9 cm³/mol. The first-order valence-corrected chi connectivity index (χ1v) is 6.77. The summed E-state index contributed by atoms with van der Waals surface area (Å²) in [6.07, 6.45) is 0.696. The molecule has 0 saturated carbocycles. The maximum Gasteiger partial charge on any atom is 0.279 e. The van der Waals surface area contributed by atoms with E-state index in [1.165, 1.54) is 12.2 Å². The highest BCUT2D eigenvalue weighted by Gasteiger charge is 2.17. The van der Waals surface area contributed by atoms with Gasteiger partial charge in [0.2, 0.25) is 0 Å². The highest BCUT2D eigenvalue weighted by molar-refractivity contribution is 9.10. The Morgan fingerprint density at radius 3 is 2.79 bits per heavy atom. The van der Waals surface area contributed by atoms with Gasteiger partial charge in [0.1, 0.15) is 0 Å². The Labute approximate surface area is 120 Å². The normalized spacial score (nSPS) is 10.7.